The first-order valence-electron chi connectivity index (χ1n) is 10.7. The summed E-state index contributed by atoms with van der Waals surface area (Å²) in [5.41, 5.74) is 3.02. The molecule has 0 spiro atoms. The zero-order valence-corrected chi connectivity index (χ0v) is 19.1. The average Bonchev–Trinajstić information content (AvgIpc) is 3.49. The van der Waals surface area contributed by atoms with Crippen LogP contribution in [0.4, 0.5) is 5.69 Å². The third kappa shape index (κ3) is 4.13. The smallest absolute Gasteiger partial charge is 0.256 e. The van der Waals surface area contributed by atoms with Gasteiger partial charge in [0, 0.05) is 30.9 Å². The van der Waals surface area contributed by atoms with Crippen LogP contribution in [0.3, 0.4) is 0 Å². The minimum Gasteiger partial charge on any atom is -0.339 e. The molecule has 0 saturated heterocycles. The lowest BCUT2D eigenvalue weighted by atomic mass is 10.1. The molecular weight excluding hydrogens is 422 g/mol. The number of nitrogens with one attached hydrogen (secondary N) is 1. The van der Waals surface area contributed by atoms with E-state index in [1.807, 2.05) is 38.3 Å². The lowest BCUT2D eigenvalue weighted by molar-refractivity contribution is 0.0772. The molecule has 0 fully saturated rings. The highest BCUT2D eigenvalue weighted by Crippen LogP contribution is 2.28. The molecule has 4 aromatic rings. The Hall–Kier alpha value is -3.52. The maximum Gasteiger partial charge on any atom is 0.256 e. The molecule has 1 N–H and O–H groups in total. The average molecular weight is 448 g/mol. The van der Waals surface area contributed by atoms with E-state index < -0.39 is 0 Å². The Morgan fingerprint density at radius 1 is 1.09 bits per heavy atom. The van der Waals surface area contributed by atoms with E-state index in [9.17, 15) is 9.59 Å². The standard InChI is InChI=1S/C24H25N5O2S/c1-4-28(5-2)24(31)16-9-7-10-17(13-16)26-23(30)18-14-20(21-11-8-12-32-21)27-22-19(18)15-25-29(22)6-3/h7-15H,4-6H2,1-3H3,(H,26,30). The molecule has 0 unspecified atom stereocenters. The Kier molecular flexibility index (Phi) is 6.32. The first-order chi connectivity index (χ1) is 15.5. The van der Waals surface area contributed by atoms with E-state index in [2.05, 4.69) is 10.4 Å². The third-order valence-corrected chi connectivity index (χ3v) is 6.24. The number of carbonyl (C=O) groups is 2. The van der Waals surface area contributed by atoms with E-state index in [1.54, 1.807) is 57.4 Å². The van der Waals surface area contributed by atoms with Crippen LogP contribution in [0.5, 0.6) is 0 Å². The summed E-state index contributed by atoms with van der Waals surface area (Å²) in [6.07, 6.45) is 1.68. The van der Waals surface area contributed by atoms with Crippen molar-refractivity contribution in [1.29, 1.82) is 0 Å². The van der Waals surface area contributed by atoms with E-state index in [4.69, 9.17) is 4.98 Å². The summed E-state index contributed by atoms with van der Waals surface area (Å²) in [6, 6.07) is 12.8. The minimum atomic E-state index is -0.265. The fraction of sp³-hybridized carbons (Fsp3) is 0.250. The highest BCUT2D eigenvalue weighted by Gasteiger charge is 2.19. The lowest BCUT2D eigenvalue weighted by Gasteiger charge is -2.19. The van der Waals surface area contributed by atoms with Crippen molar-refractivity contribution in [2.45, 2.75) is 27.3 Å². The molecule has 2 amide bonds. The van der Waals surface area contributed by atoms with Crippen LogP contribution in [0.15, 0.2) is 54.0 Å². The van der Waals surface area contributed by atoms with Crippen LogP contribution < -0.4 is 5.32 Å². The fourth-order valence-corrected chi connectivity index (χ4v) is 4.33. The van der Waals surface area contributed by atoms with E-state index in [0.717, 1.165) is 10.6 Å². The van der Waals surface area contributed by atoms with Crippen LogP contribution in [0, 0.1) is 0 Å². The predicted molar refractivity (Wildman–Crippen MR) is 128 cm³/mol. The molecule has 0 atom stereocenters. The molecule has 3 heterocycles. The van der Waals surface area contributed by atoms with Crippen LogP contribution in [-0.2, 0) is 6.54 Å². The second kappa shape index (κ2) is 9.32. The number of benzene rings is 1. The molecule has 0 radical (unpaired) electrons. The van der Waals surface area contributed by atoms with Crippen LogP contribution in [0.2, 0.25) is 0 Å². The number of hydrogen-bond acceptors (Lipinski definition) is 5. The quantitative estimate of drug-likeness (QED) is 0.436. The van der Waals surface area contributed by atoms with Crippen molar-refractivity contribution in [2.24, 2.45) is 0 Å². The maximum absolute atomic E-state index is 13.3. The van der Waals surface area contributed by atoms with Gasteiger partial charge < -0.3 is 10.2 Å². The molecule has 0 bridgehead atoms. The van der Waals surface area contributed by atoms with E-state index in [1.165, 1.54) is 0 Å². The van der Waals surface area contributed by atoms with Crippen LogP contribution >= 0.6 is 11.3 Å². The van der Waals surface area contributed by atoms with Gasteiger partial charge in [-0.05, 0) is 56.5 Å². The van der Waals surface area contributed by atoms with Crippen molar-refractivity contribution in [3.63, 3.8) is 0 Å². The molecule has 0 aliphatic carbocycles. The fourth-order valence-electron chi connectivity index (χ4n) is 3.64. The lowest BCUT2D eigenvalue weighted by Crippen LogP contribution is -2.30. The molecule has 164 valence electrons. The summed E-state index contributed by atoms with van der Waals surface area (Å²) in [5.74, 6) is -0.320. The Bertz CT molecular complexity index is 1260. The summed E-state index contributed by atoms with van der Waals surface area (Å²) in [4.78, 5) is 33.5. The SMILES string of the molecule is CCN(CC)C(=O)c1cccc(NC(=O)c2cc(-c3cccs3)nc3c2cnn3CC)c1. The molecule has 0 aliphatic rings. The van der Waals surface area contributed by atoms with Gasteiger partial charge in [-0.15, -0.1) is 11.3 Å². The Morgan fingerprint density at radius 2 is 1.91 bits per heavy atom. The number of amides is 2. The van der Waals surface area contributed by atoms with E-state index in [0.29, 0.717) is 47.5 Å². The third-order valence-electron chi connectivity index (χ3n) is 5.35. The van der Waals surface area contributed by atoms with Crippen LogP contribution in [0.25, 0.3) is 21.6 Å². The number of pyridine rings is 1. The van der Waals surface area contributed by atoms with Crippen molar-refractivity contribution >= 4 is 39.9 Å². The van der Waals surface area contributed by atoms with Gasteiger partial charge in [0.15, 0.2) is 5.65 Å². The summed E-state index contributed by atoms with van der Waals surface area (Å²) in [7, 11) is 0. The Morgan fingerprint density at radius 3 is 2.59 bits per heavy atom. The van der Waals surface area contributed by atoms with Crippen molar-refractivity contribution in [2.75, 3.05) is 18.4 Å². The molecule has 32 heavy (non-hydrogen) atoms. The molecule has 0 aliphatic heterocycles. The second-order valence-corrected chi connectivity index (χ2v) is 8.19. The van der Waals surface area contributed by atoms with Gasteiger partial charge in [-0.2, -0.15) is 5.10 Å². The number of carbonyl (C=O) groups excluding carboxylic acids is 2. The highest BCUT2D eigenvalue weighted by atomic mass is 32.1. The summed E-state index contributed by atoms with van der Waals surface area (Å²) < 4.78 is 1.78. The molecule has 1 aromatic carbocycles. The van der Waals surface area contributed by atoms with Gasteiger partial charge in [0.1, 0.15) is 0 Å². The van der Waals surface area contributed by atoms with Crippen molar-refractivity contribution < 1.29 is 9.59 Å². The molecule has 4 rings (SSSR count). The van der Waals surface area contributed by atoms with Crippen LogP contribution in [0.1, 0.15) is 41.5 Å². The molecule has 8 heteroatoms. The molecule has 0 saturated carbocycles. The monoisotopic (exact) mass is 447 g/mol. The van der Waals surface area contributed by atoms with Crippen LogP contribution in [-0.4, -0.2) is 44.6 Å². The van der Waals surface area contributed by atoms with Gasteiger partial charge in [-0.25, -0.2) is 9.67 Å². The van der Waals surface area contributed by atoms with Gasteiger partial charge in [0.25, 0.3) is 11.8 Å². The van der Waals surface area contributed by atoms with Gasteiger partial charge in [-0.3, -0.25) is 9.59 Å². The van der Waals surface area contributed by atoms with E-state index >= 15 is 0 Å². The number of rotatable bonds is 7. The van der Waals surface area contributed by atoms with Gasteiger partial charge in [-0.1, -0.05) is 12.1 Å². The summed E-state index contributed by atoms with van der Waals surface area (Å²) in [6.45, 7) is 7.80. The summed E-state index contributed by atoms with van der Waals surface area (Å²) in [5, 5.41) is 10.0. The number of anilines is 1. The van der Waals surface area contributed by atoms with Gasteiger partial charge in [0.05, 0.1) is 27.7 Å². The number of fused-ring (bicyclic) bond motifs is 1. The minimum absolute atomic E-state index is 0.0541. The normalized spacial score (nSPS) is 11.0. The number of aromatic nitrogens is 3. The first kappa shape index (κ1) is 21.7. The maximum atomic E-state index is 13.3. The van der Waals surface area contributed by atoms with Gasteiger partial charge in [0.2, 0.25) is 0 Å². The summed E-state index contributed by atoms with van der Waals surface area (Å²) >= 11 is 1.57. The Balaban J connectivity index is 1.70. The number of aryl methyl sites for hydroxylation is 1. The van der Waals surface area contributed by atoms with Crippen molar-refractivity contribution in [3.8, 4) is 10.6 Å². The molecule has 3 aromatic heterocycles. The number of nitrogens with zero attached hydrogens (tertiary/aromatic N) is 4. The Labute approximate surface area is 190 Å². The number of hydrogen-bond donors (Lipinski definition) is 1. The second-order valence-electron chi connectivity index (χ2n) is 7.24. The predicted octanol–water partition coefficient (Wildman–Crippen LogP) is 4.91. The number of thiophene rings is 1. The largest absolute Gasteiger partial charge is 0.339 e. The van der Waals surface area contributed by atoms with Gasteiger partial charge >= 0.3 is 0 Å². The molecular formula is C24H25N5O2S. The zero-order chi connectivity index (χ0) is 22.7. The first-order valence-corrected chi connectivity index (χ1v) is 11.5. The van der Waals surface area contributed by atoms with E-state index in [-0.39, 0.29) is 11.8 Å². The highest BCUT2D eigenvalue weighted by molar-refractivity contribution is 7.13. The van der Waals surface area contributed by atoms with Crippen molar-refractivity contribution in [3.05, 3.63) is 65.2 Å². The topological polar surface area (TPSA) is 80.1 Å². The zero-order valence-electron chi connectivity index (χ0n) is 18.3. The van der Waals surface area contributed by atoms with Crippen molar-refractivity contribution in [1.82, 2.24) is 19.7 Å². The molecule has 7 nitrogen and oxygen atoms in total.